The molecule has 2 heterocycles. The van der Waals surface area contributed by atoms with Gasteiger partial charge in [-0.05, 0) is 25.2 Å². The van der Waals surface area contributed by atoms with Crippen LogP contribution in [-0.4, -0.2) is 23.1 Å². The van der Waals surface area contributed by atoms with Gasteiger partial charge in [0.05, 0.1) is 5.88 Å². The third kappa shape index (κ3) is 3.02. The van der Waals surface area contributed by atoms with E-state index in [2.05, 4.69) is 21.8 Å². The van der Waals surface area contributed by atoms with E-state index in [1.807, 2.05) is 0 Å². The van der Waals surface area contributed by atoms with Crippen molar-refractivity contribution in [2.45, 2.75) is 32.1 Å². The Kier molecular flexibility index (Phi) is 4.46. The molecule has 1 fully saturated rings. The van der Waals surface area contributed by atoms with Crippen molar-refractivity contribution in [1.29, 1.82) is 0 Å². The highest BCUT2D eigenvalue weighted by atomic mass is 35.5. The second-order valence-electron chi connectivity index (χ2n) is 4.62. The van der Waals surface area contributed by atoms with Crippen LogP contribution in [0.5, 0.6) is 0 Å². The summed E-state index contributed by atoms with van der Waals surface area (Å²) < 4.78 is 0. The Balaban J connectivity index is 2.23. The molecule has 1 aliphatic heterocycles. The van der Waals surface area contributed by atoms with Gasteiger partial charge in [-0.25, -0.2) is 9.97 Å². The summed E-state index contributed by atoms with van der Waals surface area (Å²) in [5.41, 5.74) is 0.852. The number of alkyl halides is 1. The van der Waals surface area contributed by atoms with Gasteiger partial charge in [-0.3, -0.25) is 0 Å². The first-order valence-corrected chi connectivity index (χ1v) is 6.94. The van der Waals surface area contributed by atoms with Crippen molar-refractivity contribution in [3.05, 3.63) is 17.0 Å². The van der Waals surface area contributed by atoms with Crippen LogP contribution in [0.15, 0.2) is 6.33 Å². The summed E-state index contributed by atoms with van der Waals surface area (Å²) in [5, 5.41) is 0.474. The Morgan fingerprint density at radius 3 is 2.94 bits per heavy atom. The molecule has 1 saturated heterocycles. The number of aromatic nitrogens is 2. The lowest BCUT2D eigenvalue weighted by Crippen LogP contribution is -2.26. The average molecular weight is 274 g/mol. The van der Waals surface area contributed by atoms with Gasteiger partial charge in [0, 0.05) is 18.7 Å². The van der Waals surface area contributed by atoms with E-state index < -0.39 is 0 Å². The van der Waals surface area contributed by atoms with Crippen LogP contribution in [0.25, 0.3) is 0 Å². The predicted octanol–water partition coefficient (Wildman–Crippen LogP) is 3.50. The molecule has 94 valence electrons. The highest BCUT2D eigenvalue weighted by Crippen LogP contribution is 2.27. The van der Waals surface area contributed by atoms with Gasteiger partial charge in [-0.1, -0.05) is 18.5 Å². The smallest absolute Gasteiger partial charge is 0.138 e. The Morgan fingerprint density at radius 1 is 1.35 bits per heavy atom. The van der Waals surface area contributed by atoms with Gasteiger partial charge >= 0.3 is 0 Å². The highest BCUT2D eigenvalue weighted by Gasteiger charge is 2.19. The van der Waals surface area contributed by atoms with Gasteiger partial charge in [-0.15, -0.1) is 11.6 Å². The molecule has 1 aromatic heterocycles. The van der Waals surface area contributed by atoms with Crippen LogP contribution < -0.4 is 4.90 Å². The molecule has 0 spiro atoms. The van der Waals surface area contributed by atoms with Gasteiger partial charge in [0.25, 0.3) is 0 Å². The molecule has 1 atom stereocenters. The molecule has 0 amide bonds. The molecule has 3 nitrogen and oxygen atoms in total. The van der Waals surface area contributed by atoms with Crippen LogP contribution in [0.3, 0.4) is 0 Å². The van der Waals surface area contributed by atoms with E-state index in [1.54, 1.807) is 0 Å². The number of anilines is 1. The van der Waals surface area contributed by atoms with Gasteiger partial charge in [0.2, 0.25) is 0 Å². The third-order valence-electron chi connectivity index (χ3n) is 3.32. The Bertz CT molecular complexity index is 384. The first-order valence-electron chi connectivity index (χ1n) is 6.02. The molecule has 0 radical (unpaired) electrons. The first kappa shape index (κ1) is 12.9. The predicted molar refractivity (Wildman–Crippen MR) is 71.8 cm³/mol. The van der Waals surface area contributed by atoms with Crippen molar-refractivity contribution >= 4 is 29.0 Å². The van der Waals surface area contributed by atoms with Crippen molar-refractivity contribution in [3.63, 3.8) is 0 Å². The Hall–Kier alpha value is -0.540. The molecule has 0 aliphatic carbocycles. The molecule has 0 saturated carbocycles. The molecule has 0 N–H and O–H groups in total. The number of hydrogen-bond donors (Lipinski definition) is 0. The summed E-state index contributed by atoms with van der Waals surface area (Å²) >= 11 is 12.0. The SMILES string of the molecule is CC1CCCN(c2ncnc(Cl)c2CCl)CC1. The Labute approximate surface area is 112 Å². The maximum absolute atomic E-state index is 6.06. The van der Waals surface area contributed by atoms with E-state index in [9.17, 15) is 0 Å². The van der Waals surface area contributed by atoms with E-state index in [4.69, 9.17) is 23.2 Å². The maximum Gasteiger partial charge on any atom is 0.138 e. The maximum atomic E-state index is 6.06. The van der Waals surface area contributed by atoms with Crippen LogP contribution in [0.4, 0.5) is 5.82 Å². The minimum Gasteiger partial charge on any atom is -0.356 e. The topological polar surface area (TPSA) is 29.0 Å². The zero-order chi connectivity index (χ0) is 12.3. The fraction of sp³-hybridized carbons (Fsp3) is 0.667. The number of nitrogens with zero attached hydrogens (tertiary/aromatic N) is 3. The van der Waals surface area contributed by atoms with Crippen molar-refractivity contribution in [2.75, 3.05) is 18.0 Å². The summed E-state index contributed by atoms with van der Waals surface area (Å²) in [5.74, 6) is 2.06. The zero-order valence-electron chi connectivity index (χ0n) is 9.99. The van der Waals surface area contributed by atoms with Gasteiger partial charge < -0.3 is 4.90 Å². The van der Waals surface area contributed by atoms with Crippen molar-refractivity contribution in [2.24, 2.45) is 5.92 Å². The van der Waals surface area contributed by atoms with E-state index in [0.717, 1.165) is 30.4 Å². The first-order chi connectivity index (χ1) is 8.22. The molecule has 1 unspecified atom stereocenters. The second-order valence-corrected chi connectivity index (χ2v) is 5.25. The minimum atomic E-state index is 0.362. The minimum absolute atomic E-state index is 0.362. The number of halogens is 2. The van der Waals surface area contributed by atoms with Crippen molar-refractivity contribution in [1.82, 2.24) is 9.97 Å². The van der Waals surface area contributed by atoms with Crippen LogP contribution in [0.2, 0.25) is 5.15 Å². The molecule has 0 bridgehead atoms. The standard InChI is InChI=1S/C12H17Cl2N3/c1-9-3-2-5-17(6-4-9)12-10(7-13)11(14)15-8-16-12/h8-9H,2-7H2,1H3. The molecule has 1 aliphatic rings. The molecule has 17 heavy (non-hydrogen) atoms. The second kappa shape index (κ2) is 5.87. The van der Waals surface area contributed by atoms with E-state index in [0.29, 0.717) is 11.0 Å². The molecule has 2 rings (SSSR count). The van der Waals surface area contributed by atoms with Crippen molar-refractivity contribution < 1.29 is 0 Å². The van der Waals surface area contributed by atoms with Crippen molar-refractivity contribution in [3.8, 4) is 0 Å². The van der Waals surface area contributed by atoms with E-state index in [1.165, 1.54) is 25.6 Å². The van der Waals surface area contributed by atoms with E-state index >= 15 is 0 Å². The summed E-state index contributed by atoms with van der Waals surface area (Å²) in [7, 11) is 0. The quantitative estimate of drug-likeness (QED) is 0.610. The fourth-order valence-electron chi connectivity index (χ4n) is 2.24. The third-order valence-corrected chi connectivity index (χ3v) is 3.91. The fourth-order valence-corrected chi connectivity index (χ4v) is 2.75. The summed E-state index contributed by atoms with van der Waals surface area (Å²) in [4.78, 5) is 10.6. The summed E-state index contributed by atoms with van der Waals surface area (Å²) in [6.45, 7) is 4.36. The summed E-state index contributed by atoms with van der Waals surface area (Å²) in [6, 6.07) is 0. The lowest BCUT2D eigenvalue weighted by atomic mass is 10.0. The Morgan fingerprint density at radius 2 is 2.18 bits per heavy atom. The van der Waals surface area contributed by atoms with Gasteiger partial charge in [0.1, 0.15) is 17.3 Å². The summed E-state index contributed by atoms with van der Waals surface area (Å²) in [6.07, 6.45) is 5.20. The monoisotopic (exact) mass is 273 g/mol. The van der Waals surface area contributed by atoms with Crippen LogP contribution in [0, 0.1) is 5.92 Å². The lowest BCUT2D eigenvalue weighted by Gasteiger charge is -2.23. The van der Waals surface area contributed by atoms with Crippen LogP contribution >= 0.6 is 23.2 Å². The van der Waals surface area contributed by atoms with Crippen LogP contribution in [-0.2, 0) is 5.88 Å². The van der Waals surface area contributed by atoms with Crippen LogP contribution in [0.1, 0.15) is 31.7 Å². The molecular weight excluding hydrogens is 257 g/mol. The van der Waals surface area contributed by atoms with Gasteiger partial charge in [-0.2, -0.15) is 0 Å². The molecule has 5 heteroatoms. The number of hydrogen-bond acceptors (Lipinski definition) is 3. The molecular formula is C12H17Cl2N3. The average Bonchev–Trinajstić information content (AvgIpc) is 2.54. The van der Waals surface area contributed by atoms with E-state index in [-0.39, 0.29) is 0 Å². The highest BCUT2D eigenvalue weighted by molar-refractivity contribution is 6.31. The lowest BCUT2D eigenvalue weighted by molar-refractivity contribution is 0.521. The number of rotatable bonds is 2. The normalized spacial score (nSPS) is 21.4. The molecule has 1 aromatic rings. The van der Waals surface area contributed by atoms with Gasteiger partial charge in [0.15, 0.2) is 0 Å². The zero-order valence-corrected chi connectivity index (χ0v) is 11.5. The largest absolute Gasteiger partial charge is 0.356 e. The molecule has 0 aromatic carbocycles.